The number of hydroxylamine groups is 2. The molecule has 0 saturated carbocycles. The number of amides is 3. The molecule has 1 saturated heterocycles. The van der Waals surface area contributed by atoms with Crippen molar-refractivity contribution in [3.8, 4) is 0 Å². The van der Waals surface area contributed by atoms with Crippen LogP contribution in [0.3, 0.4) is 0 Å². The summed E-state index contributed by atoms with van der Waals surface area (Å²) in [4.78, 5) is 36.3. The van der Waals surface area contributed by atoms with Crippen LogP contribution in [0.5, 0.6) is 0 Å². The average Bonchev–Trinajstić information content (AvgIpc) is 2.35. The summed E-state index contributed by atoms with van der Waals surface area (Å²) in [6, 6.07) is 0. The standard InChI is InChI=1S/C5H7N3O4/c6-7-5(11)12-8-3(9)1-2-4(8)10/h1-2,6H2,(H,7,11). The van der Waals surface area contributed by atoms with Gasteiger partial charge in [-0.05, 0) is 0 Å². The molecule has 12 heavy (non-hydrogen) atoms. The fourth-order valence-electron chi connectivity index (χ4n) is 0.767. The lowest BCUT2D eigenvalue weighted by Crippen LogP contribution is -2.39. The Morgan fingerprint density at radius 3 is 2.33 bits per heavy atom. The Bertz CT molecular complexity index is 223. The third-order valence-electron chi connectivity index (χ3n) is 1.30. The summed E-state index contributed by atoms with van der Waals surface area (Å²) in [5.41, 5.74) is 1.63. The largest absolute Gasteiger partial charge is 0.446 e. The predicted octanol–water partition coefficient (Wildman–Crippen LogP) is -1.35. The SMILES string of the molecule is NNC(=O)ON1C(=O)CCC1=O. The Kier molecular flexibility index (Phi) is 2.24. The lowest BCUT2D eigenvalue weighted by atomic mass is 10.4. The van der Waals surface area contributed by atoms with Crippen molar-refractivity contribution in [2.45, 2.75) is 12.8 Å². The van der Waals surface area contributed by atoms with E-state index in [4.69, 9.17) is 0 Å². The van der Waals surface area contributed by atoms with Gasteiger partial charge in [-0.2, -0.15) is 0 Å². The second-order valence-electron chi connectivity index (χ2n) is 2.10. The van der Waals surface area contributed by atoms with Crippen LogP contribution in [-0.2, 0) is 14.4 Å². The van der Waals surface area contributed by atoms with E-state index in [-0.39, 0.29) is 12.8 Å². The molecule has 1 heterocycles. The third-order valence-corrected chi connectivity index (χ3v) is 1.30. The maximum Gasteiger partial charge on any atom is 0.446 e. The van der Waals surface area contributed by atoms with Crippen molar-refractivity contribution in [1.82, 2.24) is 10.5 Å². The first-order chi connectivity index (χ1) is 5.65. The van der Waals surface area contributed by atoms with Crippen LogP contribution in [0, 0.1) is 0 Å². The number of hydrazine groups is 1. The van der Waals surface area contributed by atoms with E-state index in [9.17, 15) is 14.4 Å². The van der Waals surface area contributed by atoms with E-state index in [1.807, 2.05) is 0 Å². The van der Waals surface area contributed by atoms with Crippen molar-refractivity contribution in [2.75, 3.05) is 0 Å². The topological polar surface area (TPSA) is 102 Å². The molecule has 0 aromatic heterocycles. The minimum absolute atomic E-state index is 0.0662. The predicted molar refractivity (Wildman–Crippen MR) is 34.9 cm³/mol. The summed E-state index contributed by atoms with van der Waals surface area (Å²) >= 11 is 0. The summed E-state index contributed by atoms with van der Waals surface area (Å²) in [6.07, 6.45) is -0.911. The molecule has 0 atom stereocenters. The van der Waals surface area contributed by atoms with Crippen LogP contribution in [0.2, 0.25) is 0 Å². The van der Waals surface area contributed by atoms with Gasteiger partial charge in [-0.3, -0.25) is 15.0 Å². The Labute approximate surface area is 67.4 Å². The molecule has 0 spiro atoms. The van der Waals surface area contributed by atoms with Crippen molar-refractivity contribution < 1.29 is 19.2 Å². The van der Waals surface area contributed by atoms with Crippen molar-refractivity contribution in [3.63, 3.8) is 0 Å². The van der Waals surface area contributed by atoms with Gasteiger partial charge in [0.15, 0.2) is 0 Å². The van der Waals surface area contributed by atoms with Crippen molar-refractivity contribution in [3.05, 3.63) is 0 Å². The Morgan fingerprint density at radius 2 is 1.92 bits per heavy atom. The van der Waals surface area contributed by atoms with Crippen LogP contribution in [0.25, 0.3) is 0 Å². The van der Waals surface area contributed by atoms with E-state index in [1.165, 1.54) is 0 Å². The molecule has 3 amide bonds. The fourth-order valence-corrected chi connectivity index (χ4v) is 0.767. The van der Waals surface area contributed by atoms with Crippen molar-refractivity contribution in [2.24, 2.45) is 5.84 Å². The summed E-state index contributed by atoms with van der Waals surface area (Å²) in [5.74, 6) is 3.59. The first kappa shape index (κ1) is 8.47. The summed E-state index contributed by atoms with van der Waals surface area (Å²) in [5, 5.41) is 0.405. The van der Waals surface area contributed by atoms with Gasteiger partial charge in [-0.1, -0.05) is 0 Å². The van der Waals surface area contributed by atoms with Crippen LogP contribution in [-0.4, -0.2) is 23.0 Å². The first-order valence-electron chi connectivity index (χ1n) is 3.19. The minimum Gasteiger partial charge on any atom is -0.310 e. The van der Waals surface area contributed by atoms with E-state index in [0.29, 0.717) is 5.06 Å². The Hall–Kier alpha value is -1.63. The van der Waals surface area contributed by atoms with Gasteiger partial charge in [0, 0.05) is 12.8 Å². The monoisotopic (exact) mass is 173 g/mol. The molecule has 0 aromatic carbocycles. The molecule has 7 heteroatoms. The van der Waals surface area contributed by atoms with Gasteiger partial charge in [0.1, 0.15) is 0 Å². The number of nitrogens with two attached hydrogens (primary N) is 1. The highest BCUT2D eigenvalue weighted by Gasteiger charge is 2.32. The molecule has 3 N–H and O–H groups in total. The smallest absolute Gasteiger partial charge is 0.310 e. The van der Waals surface area contributed by atoms with E-state index in [1.54, 1.807) is 5.43 Å². The Balaban J connectivity index is 2.56. The molecule has 0 bridgehead atoms. The summed E-state index contributed by atoms with van der Waals surface area (Å²) < 4.78 is 0. The molecule has 0 radical (unpaired) electrons. The maximum atomic E-state index is 10.8. The lowest BCUT2D eigenvalue weighted by molar-refractivity contribution is -0.171. The van der Waals surface area contributed by atoms with Crippen LogP contribution >= 0.6 is 0 Å². The minimum atomic E-state index is -1.04. The molecule has 0 aliphatic carbocycles. The third kappa shape index (κ3) is 1.51. The molecule has 1 aliphatic heterocycles. The van der Waals surface area contributed by atoms with E-state index >= 15 is 0 Å². The molecule has 0 unspecified atom stereocenters. The quantitative estimate of drug-likeness (QED) is 0.221. The number of carbonyl (C=O) groups is 3. The van der Waals surface area contributed by atoms with Crippen LogP contribution < -0.4 is 11.3 Å². The number of nitrogens with zero attached hydrogens (tertiary/aromatic N) is 1. The van der Waals surface area contributed by atoms with Gasteiger partial charge in [-0.25, -0.2) is 10.6 Å². The number of hydrogen-bond donors (Lipinski definition) is 2. The Morgan fingerprint density at radius 1 is 1.42 bits per heavy atom. The number of rotatable bonds is 1. The molecule has 1 aliphatic rings. The molecule has 0 aromatic rings. The highest BCUT2D eigenvalue weighted by atomic mass is 16.7. The molecule has 66 valence electrons. The second-order valence-corrected chi connectivity index (χ2v) is 2.10. The zero-order valence-corrected chi connectivity index (χ0v) is 6.07. The van der Waals surface area contributed by atoms with Crippen molar-refractivity contribution >= 4 is 17.9 Å². The summed E-state index contributed by atoms with van der Waals surface area (Å²) in [7, 11) is 0. The molecule has 7 nitrogen and oxygen atoms in total. The average molecular weight is 173 g/mol. The first-order valence-corrected chi connectivity index (χ1v) is 3.19. The normalized spacial score (nSPS) is 16.6. The molecule has 1 fully saturated rings. The van der Waals surface area contributed by atoms with Gasteiger partial charge < -0.3 is 4.84 Å². The zero-order valence-electron chi connectivity index (χ0n) is 6.07. The van der Waals surface area contributed by atoms with E-state index in [2.05, 4.69) is 10.7 Å². The van der Waals surface area contributed by atoms with Gasteiger partial charge in [0.25, 0.3) is 11.8 Å². The molecule has 1 rings (SSSR count). The fraction of sp³-hybridized carbons (Fsp3) is 0.400. The van der Waals surface area contributed by atoms with Gasteiger partial charge in [0.05, 0.1) is 0 Å². The van der Waals surface area contributed by atoms with E-state index < -0.39 is 17.9 Å². The number of hydrogen-bond acceptors (Lipinski definition) is 5. The van der Waals surface area contributed by atoms with E-state index in [0.717, 1.165) is 0 Å². The van der Waals surface area contributed by atoms with Crippen molar-refractivity contribution in [1.29, 1.82) is 0 Å². The highest BCUT2D eigenvalue weighted by Crippen LogP contribution is 2.11. The molecular weight excluding hydrogens is 166 g/mol. The maximum absolute atomic E-state index is 10.8. The highest BCUT2D eigenvalue weighted by molar-refractivity contribution is 6.01. The van der Waals surface area contributed by atoms with Gasteiger partial charge in [-0.15, -0.1) is 5.06 Å². The van der Waals surface area contributed by atoms with Crippen LogP contribution in [0.4, 0.5) is 4.79 Å². The second kappa shape index (κ2) is 3.18. The van der Waals surface area contributed by atoms with Gasteiger partial charge >= 0.3 is 6.09 Å². The summed E-state index contributed by atoms with van der Waals surface area (Å²) in [6.45, 7) is 0. The van der Waals surface area contributed by atoms with Gasteiger partial charge in [0.2, 0.25) is 0 Å². The number of nitrogens with one attached hydrogen (secondary N) is 1. The number of carbonyl (C=O) groups excluding carboxylic acids is 3. The molecular formula is C5H7N3O4. The lowest BCUT2D eigenvalue weighted by Gasteiger charge is -2.10. The van der Waals surface area contributed by atoms with Crippen LogP contribution in [0.15, 0.2) is 0 Å². The van der Waals surface area contributed by atoms with Crippen LogP contribution in [0.1, 0.15) is 12.8 Å². The zero-order chi connectivity index (χ0) is 9.14. The number of imide groups is 1.